The number of benzene rings is 1. The number of hydrogen-bond donors (Lipinski definition) is 0. The van der Waals surface area contributed by atoms with E-state index in [0.29, 0.717) is 5.56 Å². The number of nitrogens with zero attached hydrogens (tertiary/aromatic N) is 4. The third-order valence-electron chi connectivity index (χ3n) is 2.34. The molecule has 6 heteroatoms. The molecule has 0 spiro atoms. The van der Waals surface area contributed by atoms with E-state index in [1.807, 2.05) is 0 Å². The van der Waals surface area contributed by atoms with Gasteiger partial charge in [0.1, 0.15) is 0 Å². The van der Waals surface area contributed by atoms with Crippen molar-refractivity contribution >= 4 is 24.0 Å². The molecular formula is C12H10N4O2. The van der Waals surface area contributed by atoms with E-state index in [0.717, 1.165) is 12.4 Å². The molecule has 0 heterocycles. The van der Waals surface area contributed by atoms with E-state index in [2.05, 4.69) is 9.58 Å². The van der Waals surface area contributed by atoms with Gasteiger partial charge >= 0.3 is 12.4 Å². The molecule has 0 aromatic heterocycles. The Morgan fingerprint density at radius 2 is 1.72 bits per heavy atom. The maximum atomic E-state index is 11.7. The second-order valence-electron chi connectivity index (χ2n) is 3.53. The summed E-state index contributed by atoms with van der Waals surface area (Å²) < 4.78 is 0. The van der Waals surface area contributed by atoms with Gasteiger partial charge in [-0.2, -0.15) is 9.58 Å². The Bertz CT molecular complexity index is 540. The van der Waals surface area contributed by atoms with Crippen LogP contribution in [0.1, 0.15) is 17.9 Å². The zero-order valence-electron chi connectivity index (χ0n) is 9.43. The number of hydrogen-bond acceptors (Lipinski definition) is 2. The van der Waals surface area contributed by atoms with Crippen molar-refractivity contribution in [2.75, 3.05) is 0 Å². The Labute approximate surface area is 103 Å². The highest BCUT2D eigenvalue weighted by Gasteiger charge is 2.25. The fraction of sp³-hybridized carbons (Fsp3) is 0.167. The lowest BCUT2D eigenvalue weighted by Crippen LogP contribution is -2.18. The van der Waals surface area contributed by atoms with Crippen molar-refractivity contribution < 1.29 is 19.2 Å². The third-order valence-corrected chi connectivity index (χ3v) is 2.34. The van der Waals surface area contributed by atoms with Crippen molar-refractivity contribution in [1.82, 2.24) is 0 Å². The number of rotatable bonds is 6. The molecule has 18 heavy (non-hydrogen) atoms. The standard InChI is InChI=1S/C12H10N4O2/c13-15-7-10(17)6-11(12(18)8-16-14)9-4-2-1-3-5-9/h1-5,7-8,11H,6H2. The average Bonchev–Trinajstić information content (AvgIpc) is 2.37. The van der Waals surface area contributed by atoms with Gasteiger partial charge in [0.25, 0.3) is 0 Å². The SMILES string of the molecule is [N-]=[N+]=CC(=O)CC(C(=O)C=[N+]=[N-])c1ccccc1. The maximum Gasteiger partial charge on any atom is 0.323 e. The van der Waals surface area contributed by atoms with Crippen LogP contribution in [0.2, 0.25) is 0 Å². The zero-order valence-corrected chi connectivity index (χ0v) is 9.43. The maximum absolute atomic E-state index is 11.7. The van der Waals surface area contributed by atoms with Crippen LogP contribution in [-0.2, 0) is 9.59 Å². The number of carbonyl (C=O) groups excluding carboxylic acids is 2. The summed E-state index contributed by atoms with van der Waals surface area (Å²) in [7, 11) is 0. The summed E-state index contributed by atoms with van der Waals surface area (Å²) in [6.45, 7) is 0. The fourth-order valence-electron chi connectivity index (χ4n) is 1.53. The molecule has 1 aromatic carbocycles. The van der Waals surface area contributed by atoms with Crippen molar-refractivity contribution in [3.63, 3.8) is 0 Å². The molecule has 0 N–H and O–H groups in total. The van der Waals surface area contributed by atoms with Crippen LogP contribution in [0.4, 0.5) is 0 Å². The molecular weight excluding hydrogens is 232 g/mol. The zero-order chi connectivity index (χ0) is 13.4. The Morgan fingerprint density at radius 3 is 2.28 bits per heavy atom. The van der Waals surface area contributed by atoms with Gasteiger partial charge in [0.15, 0.2) is 0 Å². The minimum absolute atomic E-state index is 0.154. The summed E-state index contributed by atoms with van der Waals surface area (Å²) in [5.41, 5.74) is 17.3. The molecule has 0 amide bonds. The van der Waals surface area contributed by atoms with Crippen LogP contribution in [0.15, 0.2) is 30.3 Å². The summed E-state index contributed by atoms with van der Waals surface area (Å²) in [5, 5.41) is 0. The first-order chi connectivity index (χ1) is 8.69. The highest BCUT2D eigenvalue weighted by atomic mass is 16.1. The quantitative estimate of drug-likeness (QED) is 0.419. The normalized spacial score (nSPS) is 10.7. The largest absolute Gasteiger partial charge is 0.361 e. The van der Waals surface area contributed by atoms with Crippen molar-refractivity contribution in [3.8, 4) is 0 Å². The Morgan fingerprint density at radius 1 is 1.11 bits per heavy atom. The summed E-state index contributed by atoms with van der Waals surface area (Å²) in [4.78, 5) is 28.4. The Kier molecular flexibility index (Phi) is 5.06. The molecule has 1 aromatic rings. The molecule has 90 valence electrons. The molecule has 1 rings (SSSR count). The highest BCUT2D eigenvalue weighted by Crippen LogP contribution is 2.19. The van der Waals surface area contributed by atoms with E-state index in [9.17, 15) is 9.59 Å². The molecule has 0 saturated carbocycles. The number of carbonyl (C=O) groups is 2. The molecule has 1 unspecified atom stereocenters. The van der Waals surface area contributed by atoms with Crippen molar-refractivity contribution in [1.29, 1.82) is 0 Å². The van der Waals surface area contributed by atoms with Gasteiger partial charge in [-0.15, -0.1) is 0 Å². The molecule has 0 aliphatic rings. The van der Waals surface area contributed by atoms with Crippen LogP contribution < -0.4 is 0 Å². The van der Waals surface area contributed by atoms with Crippen LogP contribution >= 0.6 is 0 Å². The molecule has 0 aliphatic heterocycles. The van der Waals surface area contributed by atoms with Crippen LogP contribution in [-0.4, -0.2) is 33.6 Å². The first-order valence-electron chi connectivity index (χ1n) is 5.15. The van der Waals surface area contributed by atoms with Crippen LogP contribution in [0, 0.1) is 0 Å². The first kappa shape index (κ1) is 13.4. The van der Waals surface area contributed by atoms with E-state index >= 15 is 0 Å². The van der Waals surface area contributed by atoms with Crippen LogP contribution in [0.25, 0.3) is 11.1 Å². The van der Waals surface area contributed by atoms with Gasteiger partial charge in [-0.1, -0.05) is 30.3 Å². The van der Waals surface area contributed by atoms with E-state index < -0.39 is 17.5 Å². The van der Waals surface area contributed by atoms with Crippen LogP contribution in [0.5, 0.6) is 0 Å². The number of ketones is 2. The summed E-state index contributed by atoms with van der Waals surface area (Å²) in [5.74, 6) is -1.75. The molecule has 0 bridgehead atoms. The minimum Gasteiger partial charge on any atom is -0.361 e. The minimum atomic E-state index is -0.757. The molecule has 0 saturated heterocycles. The lowest BCUT2D eigenvalue weighted by Gasteiger charge is -2.09. The van der Waals surface area contributed by atoms with Gasteiger partial charge in [-0.3, -0.25) is 9.59 Å². The van der Waals surface area contributed by atoms with E-state index in [-0.39, 0.29) is 6.42 Å². The number of Topliss-reactive ketones (excluding diaryl/α,β-unsaturated/α-hetero) is 2. The second-order valence-corrected chi connectivity index (χ2v) is 3.53. The Hall–Kier alpha value is -2.68. The molecule has 1 atom stereocenters. The average molecular weight is 242 g/mol. The summed E-state index contributed by atoms with van der Waals surface area (Å²) >= 11 is 0. The summed E-state index contributed by atoms with van der Waals surface area (Å²) in [6, 6.07) is 8.63. The van der Waals surface area contributed by atoms with Gasteiger partial charge in [0.05, 0.1) is 5.92 Å². The van der Waals surface area contributed by atoms with Gasteiger partial charge in [-0.25, -0.2) is 0 Å². The lowest BCUT2D eigenvalue weighted by atomic mass is 9.90. The molecule has 0 radical (unpaired) electrons. The monoisotopic (exact) mass is 242 g/mol. The van der Waals surface area contributed by atoms with Gasteiger partial charge in [0, 0.05) is 6.42 Å². The lowest BCUT2D eigenvalue weighted by molar-refractivity contribution is -0.122. The highest BCUT2D eigenvalue weighted by molar-refractivity contribution is 6.31. The van der Waals surface area contributed by atoms with Crippen LogP contribution in [0.3, 0.4) is 0 Å². The van der Waals surface area contributed by atoms with Crippen molar-refractivity contribution in [2.45, 2.75) is 12.3 Å². The second kappa shape index (κ2) is 6.81. The first-order valence-corrected chi connectivity index (χ1v) is 5.15. The van der Waals surface area contributed by atoms with E-state index in [1.54, 1.807) is 30.3 Å². The van der Waals surface area contributed by atoms with Gasteiger partial charge in [-0.05, 0) is 5.56 Å². The third kappa shape index (κ3) is 3.72. The predicted octanol–water partition coefficient (Wildman–Crippen LogP) is 0.900. The van der Waals surface area contributed by atoms with E-state index in [4.69, 9.17) is 11.1 Å². The van der Waals surface area contributed by atoms with Crippen molar-refractivity contribution in [3.05, 3.63) is 47.0 Å². The Balaban J connectivity index is 3.03. The van der Waals surface area contributed by atoms with Gasteiger partial charge in [0.2, 0.25) is 11.6 Å². The fourth-order valence-corrected chi connectivity index (χ4v) is 1.53. The molecule has 0 fully saturated rings. The smallest absolute Gasteiger partial charge is 0.323 e. The van der Waals surface area contributed by atoms with Crippen molar-refractivity contribution in [2.24, 2.45) is 0 Å². The molecule has 0 aliphatic carbocycles. The van der Waals surface area contributed by atoms with Gasteiger partial charge < -0.3 is 11.1 Å². The van der Waals surface area contributed by atoms with E-state index in [1.165, 1.54) is 0 Å². The summed E-state index contributed by atoms with van der Waals surface area (Å²) in [6.07, 6.45) is 1.33. The molecule has 6 nitrogen and oxygen atoms in total. The topological polar surface area (TPSA) is 107 Å². The predicted molar refractivity (Wildman–Crippen MR) is 63.2 cm³/mol.